The molecule has 2 nitrogen and oxygen atoms in total. The first-order valence-electron chi connectivity index (χ1n) is 5.66. The van der Waals surface area contributed by atoms with Crippen molar-refractivity contribution >= 4 is 34.5 Å². The van der Waals surface area contributed by atoms with E-state index in [1.807, 2.05) is 12.3 Å². The highest BCUT2D eigenvalue weighted by Crippen LogP contribution is 2.34. The van der Waals surface area contributed by atoms with Gasteiger partial charge in [0.2, 0.25) is 0 Å². The zero-order chi connectivity index (χ0) is 14.0. The maximum absolute atomic E-state index is 13.7. The predicted molar refractivity (Wildman–Crippen MR) is 79.2 cm³/mol. The zero-order valence-corrected chi connectivity index (χ0v) is 12.5. The first-order valence-corrected chi connectivity index (χ1v) is 7.30. The number of nitrogens with one attached hydrogen (secondary N) is 1. The minimum atomic E-state index is -0.297. The van der Waals surface area contributed by atoms with Crippen molar-refractivity contribution in [3.63, 3.8) is 0 Å². The predicted octanol–water partition coefficient (Wildman–Crippen LogP) is 4.25. The average Bonchev–Trinajstić information content (AvgIpc) is 2.71. The molecule has 2 aromatic rings. The Morgan fingerprint density at radius 2 is 2.16 bits per heavy atom. The molecule has 19 heavy (non-hydrogen) atoms. The Bertz CT molecular complexity index is 586. The minimum absolute atomic E-state index is 0.237. The van der Waals surface area contributed by atoms with Crippen molar-refractivity contribution in [2.24, 2.45) is 5.84 Å². The van der Waals surface area contributed by atoms with Gasteiger partial charge in [0.25, 0.3) is 0 Å². The van der Waals surface area contributed by atoms with Gasteiger partial charge in [-0.1, -0.05) is 23.2 Å². The first kappa shape index (κ1) is 14.8. The molecule has 0 aliphatic carbocycles. The number of hydrogen-bond donors (Lipinski definition) is 2. The summed E-state index contributed by atoms with van der Waals surface area (Å²) in [4.78, 5) is 0.904. The second kappa shape index (κ2) is 6.20. The molecule has 0 saturated heterocycles. The van der Waals surface area contributed by atoms with Gasteiger partial charge in [0, 0.05) is 9.90 Å². The lowest BCUT2D eigenvalue weighted by atomic mass is 10.0. The van der Waals surface area contributed by atoms with Gasteiger partial charge in [-0.25, -0.2) is 4.39 Å². The zero-order valence-electron chi connectivity index (χ0n) is 10.2. The van der Waals surface area contributed by atoms with Crippen LogP contribution in [0.1, 0.15) is 22.0 Å². The van der Waals surface area contributed by atoms with Crippen molar-refractivity contribution in [1.82, 2.24) is 5.43 Å². The summed E-state index contributed by atoms with van der Waals surface area (Å²) in [7, 11) is 0. The Balaban J connectivity index is 2.29. The van der Waals surface area contributed by atoms with Gasteiger partial charge in [-0.3, -0.25) is 11.3 Å². The number of rotatable bonds is 4. The van der Waals surface area contributed by atoms with Gasteiger partial charge >= 0.3 is 0 Å². The summed E-state index contributed by atoms with van der Waals surface area (Å²) in [5.41, 5.74) is 4.19. The van der Waals surface area contributed by atoms with Crippen LogP contribution in [-0.2, 0) is 6.42 Å². The fourth-order valence-corrected chi connectivity index (χ4v) is 3.41. The third kappa shape index (κ3) is 3.27. The van der Waals surface area contributed by atoms with Gasteiger partial charge in [0.15, 0.2) is 0 Å². The number of hydrazine groups is 1. The Kier molecular flexibility index (Phi) is 4.81. The van der Waals surface area contributed by atoms with Crippen molar-refractivity contribution in [2.75, 3.05) is 0 Å². The largest absolute Gasteiger partial charge is 0.271 e. The molecule has 2 rings (SSSR count). The van der Waals surface area contributed by atoms with Gasteiger partial charge < -0.3 is 0 Å². The van der Waals surface area contributed by atoms with Crippen LogP contribution in [0, 0.1) is 12.7 Å². The Morgan fingerprint density at radius 3 is 2.74 bits per heavy atom. The maximum Gasteiger partial charge on any atom is 0.126 e. The van der Waals surface area contributed by atoms with E-state index >= 15 is 0 Å². The van der Waals surface area contributed by atoms with E-state index in [1.54, 1.807) is 6.07 Å². The molecular formula is C13H13Cl2FN2S. The topological polar surface area (TPSA) is 38.0 Å². The van der Waals surface area contributed by atoms with Gasteiger partial charge in [0.05, 0.1) is 11.1 Å². The van der Waals surface area contributed by atoms with Crippen LogP contribution in [0.3, 0.4) is 0 Å². The smallest absolute Gasteiger partial charge is 0.126 e. The van der Waals surface area contributed by atoms with Crippen molar-refractivity contribution in [3.05, 3.63) is 55.4 Å². The molecule has 1 atom stereocenters. The summed E-state index contributed by atoms with van der Waals surface area (Å²) in [6.45, 7) is 1.93. The molecular weight excluding hydrogens is 306 g/mol. The van der Waals surface area contributed by atoms with Crippen LogP contribution in [0.4, 0.5) is 4.39 Å². The molecule has 0 aliphatic rings. The lowest BCUT2D eigenvalue weighted by molar-refractivity contribution is 0.535. The Labute approximate surface area is 125 Å². The van der Waals surface area contributed by atoms with Gasteiger partial charge in [-0.15, -0.1) is 11.3 Å². The SMILES string of the molecule is Cc1csc(C(Cc2cc(Cl)ccc2F)NN)c1Cl. The van der Waals surface area contributed by atoms with E-state index in [4.69, 9.17) is 29.0 Å². The van der Waals surface area contributed by atoms with E-state index in [2.05, 4.69) is 5.43 Å². The Hall–Kier alpha value is -0.650. The van der Waals surface area contributed by atoms with Crippen molar-refractivity contribution in [3.8, 4) is 0 Å². The molecule has 0 fully saturated rings. The number of hydrogen-bond acceptors (Lipinski definition) is 3. The minimum Gasteiger partial charge on any atom is -0.271 e. The van der Waals surface area contributed by atoms with E-state index in [0.29, 0.717) is 22.0 Å². The summed E-state index contributed by atoms with van der Waals surface area (Å²) in [6, 6.07) is 4.24. The van der Waals surface area contributed by atoms with Gasteiger partial charge in [0.1, 0.15) is 5.82 Å². The molecule has 0 bridgehead atoms. The summed E-state index contributed by atoms with van der Waals surface area (Å²) < 4.78 is 13.7. The molecule has 0 spiro atoms. The molecule has 0 radical (unpaired) electrons. The highest BCUT2D eigenvalue weighted by atomic mass is 35.5. The van der Waals surface area contributed by atoms with Crippen LogP contribution in [0.5, 0.6) is 0 Å². The van der Waals surface area contributed by atoms with Crippen molar-refractivity contribution < 1.29 is 4.39 Å². The maximum atomic E-state index is 13.7. The fourth-order valence-electron chi connectivity index (χ4n) is 1.83. The highest BCUT2D eigenvalue weighted by molar-refractivity contribution is 7.10. The van der Waals surface area contributed by atoms with E-state index in [1.165, 1.54) is 23.5 Å². The number of nitrogens with two attached hydrogens (primary N) is 1. The summed E-state index contributed by atoms with van der Waals surface area (Å²) in [5, 5.41) is 3.13. The van der Waals surface area contributed by atoms with E-state index in [9.17, 15) is 4.39 Å². The lowest BCUT2D eigenvalue weighted by Crippen LogP contribution is -2.29. The molecule has 0 saturated carbocycles. The van der Waals surface area contributed by atoms with Crippen LogP contribution in [0.2, 0.25) is 10.0 Å². The molecule has 1 aromatic carbocycles. The van der Waals surface area contributed by atoms with Crippen LogP contribution in [0.15, 0.2) is 23.6 Å². The number of benzene rings is 1. The summed E-state index contributed by atoms with van der Waals surface area (Å²) >= 11 is 13.6. The number of aryl methyl sites for hydroxylation is 1. The van der Waals surface area contributed by atoms with E-state index < -0.39 is 0 Å². The van der Waals surface area contributed by atoms with Gasteiger partial charge in [-0.05, 0) is 48.1 Å². The third-order valence-electron chi connectivity index (χ3n) is 2.87. The van der Waals surface area contributed by atoms with E-state index in [-0.39, 0.29) is 11.9 Å². The fraction of sp³-hybridized carbons (Fsp3) is 0.231. The van der Waals surface area contributed by atoms with Crippen molar-refractivity contribution in [2.45, 2.75) is 19.4 Å². The third-order valence-corrected chi connectivity index (χ3v) is 4.94. The van der Waals surface area contributed by atoms with Crippen LogP contribution >= 0.6 is 34.5 Å². The van der Waals surface area contributed by atoms with E-state index in [0.717, 1.165) is 10.4 Å². The molecule has 1 unspecified atom stereocenters. The van der Waals surface area contributed by atoms with Crippen LogP contribution in [0.25, 0.3) is 0 Å². The molecule has 1 heterocycles. The highest BCUT2D eigenvalue weighted by Gasteiger charge is 2.19. The molecule has 102 valence electrons. The Morgan fingerprint density at radius 1 is 1.42 bits per heavy atom. The molecule has 1 aromatic heterocycles. The average molecular weight is 319 g/mol. The normalized spacial score (nSPS) is 12.7. The standard InChI is InChI=1S/C13H13Cl2FN2S/c1-7-6-19-13(12(7)15)11(18-17)5-8-4-9(14)2-3-10(8)16/h2-4,6,11,18H,5,17H2,1H3. The molecule has 3 N–H and O–H groups in total. The lowest BCUT2D eigenvalue weighted by Gasteiger charge is -2.16. The number of halogens is 3. The monoisotopic (exact) mass is 318 g/mol. The second-order valence-electron chi connectivity index (χ2n) is 4.26. The first-order chi connectivity index (χ1) is 9.02. The van der Waals surface area contributed by atoms with Crippen LogP contribution < -0.4 is 11.3 Å². The molecule has 0 amide bonds. The molecule has 0 aliphatic heterocycles. The second-order valence-corrected chi connectivity index (χ2v) is 5.98. The van der Waals surface area contributed by atoms with Crippen molar-refractivity contribution in [1.29, 1.82) is 0 Å². The van der Waals surface area contributed by atoms with Gasteiger partial charge in [-0.2, -0.15) is 0 Å². The quantitative estimate of drug-likeness (QED) is 0.653. The van der Waals surface area contributed by atoms with Crippen LogP contribution in [-0.4, -0.2) is 0 Å². The molecule has 6 heteroatoms. The number of thiophene rings is 1. The summed E-state index contributed by atoms with van der Waals surface area (Å²) in [5.74, 6) is 5.26. The summed E-state index contributed by atoms with van der Waals surface area (Å²) in [6.07, 6.45) is 0.391.